The first-order valence-corrected chi connectivity index (χ1v) is 10.4. The number of carbonyl (C=O) groups is 2. The van der Waals surface area contributed by atoms with Crippen LogP contribution in [0, 0.1) is 24.2 Å². The number of thioether (sulfide) groups is 1. The van der Waals surface area contributed by atoms with Gasteiger partial charge in [0.25, 0.3) is 0 Å². The molecule has 1 aliphatic carbocycles. The van der Waals surface area contributed by atoms with Gasteiger partial charge in [0.1, 0.15) is 11.1 Å². The van der Waals surface area contributed by atoms with Gasteiger partial charge >= 0.3 is 0 Å². The Balaban J connectivity index is 1.60. The van der Waals surface area contributed by atoms with Crippen LogP contribution in [0.4, 0.5) is 5.69 Å². The lowest BCUT2D eigenvalue weighted by Crippen LogP contribution is -2.31. The highest BCUT2D eigenvalue weighted by atomic mass is 32.2. The number of nitriles is 1. The summed E-state index contributed by atoms with van der Waals surface area (Å²) in [6, 6.07) is 11.5. The molecule has 0 saturated carbocycles. The number of rotatable bonds is 3. The maximum atomic E-state index is 12.9. The van der Waals surface area contributed by atoms with Crippen LogP contribution in [-0.4, -0.2) is 22.0 Å². The van der Waals surface area contributed by atoms with Crippen molar-refractivity contribution in [3.63, 3.8) is 0 Å². The Morgan fingerprint density at radius 2 is 1.96 bits per heavy atom. The molecule has 0 unspecified atom stereocenters. The number of fused-ring (bicyclic) bond motifs is 1. The summed E-state index contributed by atoms with van der Waals surface area (Å²) < 4.78 is 0. The van der Waals surface area contributed by atoms with E-state index in [1.807, 2.05) is 25.1 Å². The normalized spacial score (nSPS) is 21.5. The van der Waals surface area contributed by atoms with E-state index in [9.17, 15) is 14.9 Å². The summed E-state index contributed by atoms with van der Waals surface area (Å²) in [5.74, 6) is 0.143. The van der Waals surface area contributed by atoms with Crippen molar-refractivity contribution in [3.05, 3.63) is 52.7 Å². The zero-order chi connectivity index (χ0) is 19.8. The van der Waals surface area contributed by atoms with Crippen LogP contribution >= 0.6 is 11.8 Å². The number of carbonyl (C=O) groups excluding carboxylic acids is 2. The molecule has 2 heterocycles. The molecule has 1 aliphatic heterocycles. The predicted molar refractivity (Wildman–Crippen MR) is 108 cm³/mol. The monoisotopic (exact) mass is 391 g/mol. The molecule has 28 heavy (non-hydrogen) atoms. The van der Waals surface area contributed by atoms with Crippen molar-refractivity contribution in [2.75, 3.05) is 4.90 Å². The van der Waals surface area contributed by atoms with Gasteiger partial charge in [-0.2, -0.15) is 5.26 Å². The fourth-order valence-electron chi connectivity index (χ4n) is 3.79. The van der Waals surface area contributed by atoms with Crippen LogP contribution in [0.3, 0.4) is 0 Å². The van der Waals surface area contributed by atoms with Crippen LogP contribution in [0.25, 0.3) is 0 Å². The highest BCUT2D eigenvalue weighted by Gasteiger charge is 2.40. The standard InChI is InChI=1S/C22H21N3O2S/c1-13-3-6-17(7-4-13)25-20(26)11-19(22(25)27)28-21-16(12-23)10-15-9-14(2)5-8-18(15)24-21/h3-4,6-7,10,14,19H,5,8-9,11H2,1-2H3/t14-,19+/m1/s1. The molecule has 0 spiro atoms. The summed E-state index contributed by atoms with van der Waals surface area (Å²) in [4.78, 5) is 31.4. The number of nitrogens with zero attached hydrogens (tertiary/aromatic N) is 3. The Kier molecular flexibility index (Phi) is 4.94. The van der Waals surface area contributed by atoms with E-state index in [1.165, 1.54) is 16.7 Å². The van der Waals surface area contributed by atoms with Crippen molar-refractivity contribution < 1.29 is 9.59 Å². The second-order valence-corrected chi connectivity index (χ2v) is 8.81. The average molecular weight is 391 g/mol. The molecule has 2 amide bonds. The van der Waals surface area contributed by atoms with Crippen molar-refractivity contribution in [3.8, 4) is 6.07 Å². The van der Waals surface area contributed by atoms with E-state index in [4.69, 9.17) is 4.98 Å². The number of pyridine rings is 1. The van der Waals surface area contributed by atoms with Gasteiger partial charge in [-0.25, -0.2) is 9.88 Å². The smallest absolute Gasteiger partial charge is 0.247 e. The van der Waals surface area contributed by atoms with Crippen molar-refractivity contribution in [1.29, 1.82) is 5.26 Å². The molecule has 0 radical (unpaired) electrons. The summed E-state index contributed by atoms with van der Waals surface area (Å²) in [7, 11) is 0. The van der Waals surface area contributed by atoms with E-state index < -0.39 is 5.25 Å². The van der Waals surface area contributed by atoms with Gasteiger partial charge in [-0.3, -0.25) is 9.59 Å². The second kappa shape index (κ2) is 7.40. The molecule has 2 aromatic rings. The van der Waals surface area contributed by atoms with Gasteiger partial charge in [0.05, 0.1) is 16.5 Å². The van der Waals surface area contributed by atoms with Gasteiger partial charge in [-0.05, 0) is 55.9 Å². The van der Waals surface area contributed by atoms with E-state index in [1.54, 1.807) is 12.1 Å². The molecular weight excluding hydrogens is 370 g/mol. The predicted octanol–water partition coefficient (Wildman–Crippen LogP) is 3.81. The van der Waals surface area contributed by atoms with Gasteiger partial charge in [0, 0.05) is 12.1 Å². The zero-order valence-electron chi connectivity index (χ0n) is 15.9. The topological polar surface area (TPSA) is 74.1 Å². The fraction of sp³-hybridized carbons (Fsp3) is 0.364. The fourth-order valence-corrected chi connectivity index (χ4v) is 4.89. The first kappa shape index (κ1) is 18.7. The number of amides is 2. The zero-order valence-corrected chi connectivity index (χ0v) is 16.8. The van der Waals surface area contributed by atoms with E-state index in [-0.39, 0.29) is 18.2 Å². The molecule has 1 aromatic carbocycles. The molecule has 1 fully saturated rings. The highest BCUT2D eigenvalue weighted by Crippen LogP contribution is 2.36. The Bertz CT molecular complexity index is 994. The largest absolute Gasteiger partial charge is 0.274 e. The Hall–Kier alpha value is -2.65. The van der Waals surface area contributed by atoms with Crippen LogP contribution in [0.15, 0.2) is 35.4 Å². The number of benzene rings is 1. The third kappa shape index (κ3) is 3.43. The van der Waals surface area contributed by atoms with Gasteiger partial charge < -0.3 is 0 Å². The minimum atomic E-state index is -0.547. The molecule has 2 atom stereocenters. The molecule has 4 rings (SSSR count). The number of hydrogen-bond acceptors (Lipinski definition) is 5. The van der Waals surface area contributed by atoms with E-state index >= 15 is 0 Å². The Labute approximate surface area is 168 Å². The third-order valence-electron chi connectivity index (χ3n) is 5.37. The van der Waals surface area contributed by atoms with Crippen molar-refractivity contribution in [2.45, 2.75) is 49.8 Å². The second-order valence-electron chi connectivity index (χ2n) is 7.62. The Morgan fingerprint density at radius 1 is 1.21 bits per heavy atom. The molecule has 1 saturated heterocycles. The van der Waals surface area contributed by atoms with Gasteiger partial charge in [-0.15, -0.1) is 0 Å². The van der Waals surface area contributed by atoms with Crippen LogP contribution < -0.4 is 4.90 Å². The quantitative estimate of drug-likeness (QED) is 0.744. The lowest BCUT2D eigenvalue weighted by atomic mass is 9.87. The van der Waals surface area contributed by atoms with Gasteiger partial charge in [0.15, 0.2) is 0 Å². The molecule has 5 nitrogen and oxygen atoms in total. The Morgan fingerprint density at radius 3 is 2.68 bits per heavy atom. The van der Waals surface area contributed by atoms with Crippen LogP contribution in [0.1, 0.15) is 42.1 Å². The summed E-state index contributed by atoms with van der Waals surface area (Å²) in [5, 5.41) is 9.58. The van der Waals surface area contributed by atoms with E-state index in [0.29, 0.717) is 22.2 Å². The minimum Gasteiger partial charge on any atom is -0.274 e. The number of aromatic nitrogens is 1. The maximum absolute atomic E-state index is 12.9. The lowest BCUT2D eigenvalue weighted by molar-refractivity contribution is -0.121. The average Bonchev–Trinajstić information content (AvgIpc) is 2.95. The van der Waals surface area contributed by atoms with E-state index in [0.717, 1.165) is 36.1 Å². The minimum absolute atomic E-state index is 0.123. The summed E-state index contributed by atoms with van der Waals surface area (Å²) in [5.41, 5.74) is 4.31. The molecule has 1 aromatic heterocycles. The van der Waals surface area contributed by atoms with Gasteiger partial charge in [-0.1, -0.05) is 36.4 Å². The van der Waals surface area contributed by atoms with Crippen LogP contribution in [0.2, 0.25) is 0 Å². The first-order valence-electron chi connectivity index (χ1n) is 9.49. The summed E-state index contributed by atoms with van der Waals surface area (Å²) in [6.45, 7) is 4.17. The molecule has 0 bridgehead atoms. The molecule has 142 valence electrons. The molecule has 0 N–H and O–H groups in total. The number of hydrogen-bond donors (Lipinski definition) is 0. The van der Waals surface area contributed by atoms with Gasteiger partial charge in [0.2, 0.25) is 11.8 Å². The summed E-state index contributed by atoms with van der Waals surface area (Å²) >= 11 is 1.24. The van der Waals surface area contributed by atoms with Crippen LogP contribution in [-0.2, 0) is 22.4 Å². The molecule has 2 aliphatic rings. The molecular formula is C22H21N3O2S. The van der Waals surface area contributed by atoms with Crippen molar-refractivity contribution in [1.82, 2.24) is 4.98 Å². The number of aryl methyl sites for hydroxylation is 2. The molecule has 6 heteroatoms. The highest BCUT2D eigenvalue weighted by molar-refractivity contribution is 8.00. The SMILES string of the molecule is Cc1ccc(N2C(=O)C[C@H](Sc3nc4c(cc3C#N)C[C@H](C)CC4)C2=O)cc1. The van der Waals surface area contributed by atoms with Crippen LogP contribution in [0.5, 0.6) is 0 Å². The van der Waals surface area contributed by atoms with E-state index in [2.05, 4.69) is 13.0 Å². The summed E-state index contributed by atoms with van der Waals surface area (Å²) in [6.07, 6.45) is 3.03. The maximum Gasteiger partial charge on any atom is 0.247 e. The lowest BCUT2D eigenvalue weighted by Gasteiger charge is -2.22. The van der Waals surface area contributed by atoms with Crippen molar-refractivity contribution in [2.24, 2.45) is 5.92 Å². The number of imide groups is 1. The number of anilines is 1. The van der Waals surface area contributed by atoms with Crippen molar-refractivity contribution >= 4 is 29.3 Å². The first-order chi connectivity index (χ1) is 13.5. The third-order valence-corrected chi connectivity index (χ3v) is 6.56.